The summed E-state index contributed by atoms with van der Waals surface area (Å²) < 4.78 is 9.44. The monoisotopic (exact) mass is 228 g/mol. The third-order valence-electron chi connectivity index (χ3n) is 1.54. The van der Waals surface area contributed by atoms with E-state index in [0.29, 0.717) is 11.6 Å². The highest BCUT2D eigenvalue weighted by Crippen LogP contribution is 2.13. The fourth-order valence-electron chi connectivity index (χ4n) is 0.850. The number of hydrogen-bond donors (Lipinski definition) is 0. The first-order valence-electron chi connectivity index (χ1n) is 4.30. The summed E-state index contributed by atoms with van der Waals surface area (Å²) in [4.78, 5) is 19.1. The molecule has 0 aliphatic rings. The molecule has 0 radical (unpaired) electrons. The van der Waals surface area contributed by atoms with Crippen molar-refractivity contribution in [1.29, 1.82) is 0 Å². The lowest BCUT2D eigenvalue weighted by molar-refractivity contribution is 0.0592. The van der Waals surface area contributed by atoms with Gasteiger partial charge in [0.15, 0.2) is 5.69 Å². The van der Waals surface area contributed by atoms with Crippen LogP contribution in [0.5, 0.6) is 0 Å². The molecule has 1 aromatic heterocycles. The third-order valence-corrected chi connectivity index (χ3v) is 2.41. The lowest BCUT2D eigenvalue weighted by Gasteiger charge is -2.01. The molecule has 82 valence electrons. The Labute approximate surface area is 92.2 Å². The number of esters is 1. The molecule has 0 fully saturated rings. The quantitative estimate of drug-likeness (QED) is 0.425. The molecule has 0 unspecified atom stereocenters. The van der Waals surface area contributed by atoms with Crippen LogP contribution in [0.25, 0.3) is 0 Å². The first-order chi connectivity index (χ1) is 7.27. The van der Waals surface area contributed by atoms with Crippen molar-refractivity contribution < 1.29 is 14.3 Å². The Morgan fingerprint density at radius 2 is 2.27 bits per heavy atom. The Balaban J connectivity index is 2.62. The molecular weight excluding hydrogens is 216 g/mol. The molecule has 0 amide bonds. The van der Waals surface area contributed by atoms with Gasteiger partial charge in [0.05, 0.1) is 26.1 Å². The van der Waals surface area contributed by atoms with E-state index in [1.165, 1.54) is 25.1 Å². The van der Waals surface area contributed by atoms with Crippen LogP contribution in [0.15, 0.2) is 17.4 Å². The van der Waals surface area contributed by atoms with E-state index in [1.807, 2.05) is 0 Å². The van der Waals surface area contributed by atoms with Crippen LogP contribution in [0.4, 0.5) is 0 Å². The molecule has 0 aromatic carbocycles. The molecule has 6 heteroatoms. The number of thioether (sulfide) groups is 1. The maximum Gasteiger partial charge on any atom is 0.358 e. The number of aromatic nitrogens is 2. The standard InChI is InChI=1S/C9H12N2O3S/c1-13-3-4-15-8-6-10-5-7(11-8)9(12)14-2/h5-6H,3-4H2,1-2H3. The van der Waals surface area contributed by atoms with Crippen LogP contribution in [-0.2, 0) is 9.47 Å². The van der Waals surface area contributed by atoms with Gasteiger partial charge in [0.25, 0.3) is 0 Å². The number of carbonyl (C=O) groups is 1. The van der Waals surface area contributed by atoms with E-state index in [9.17, 15) is 4.79 Å². The normalized spacial score (nSPS) is 10.0. The Morgan fingerprint density at radius 3 is 2.93 bits per heavy atom. The van der Waals surface area contributed by atoms with Crippen molar-refractivity contribution in [3.8, 4) is 0 Å². The summed E-state index contributed by atoms with van der Waals surface area (Å²) in [5.41, 5.74) is 0.222. The second kappa shape index (κ2) is 6.36. The van der Waals surface area contributed by atoms with Gasteiger partial charge in [-0.25, -0.2) is 9.78 Å². The van der Waals surface area contributed by atoms with E-state index < -0.39 is 5.97 Å². The summed E-state index contributed by atoms with van der Waals surface area (Å²) in [7, 11) is 2.95. The summed E-state index contributed by atoms with van der Waals surface area (Å²) in [5.74, 6) is 0.298. The van der Waals surface area contributed by atoms with Crippen molar-refractivity contribution in [2.75, 3.05) is 26.6 Å². The molecule has 0 N–H and O–H groups in total. The van der Waals surface area contributed by atoms with Crippen molar-refractivity contribution in [2.45, 2.75) is 5.03 Å². The maximum atomic E-state index is 11.1. The van der Waals surface area contributed by atoms with E-state index >= 15 is 0 Å². The van der Waals surface area contributed by atoms with E-state index in [-0.39, 0.29) is 5.69 Å². The minimum atomic E-state index is -0.475. The van der Waals surface area contributed by atoms with Crippen molar-refractivity contribution in [2.24, 2.45) is 0 Å². The highest BCUT2D eigenvalue weighted by Gasteiger charge is 2.08. The topological polar surface area (TPSA) is 61.3 Å². The predicted octanol–water partition coefficient (Wildman–Crippen LogP) is 1.00. The highest BCUT2D eigenvalue weighted by molar-refractivity contribution is 7.99. The van der Waals surface area contributed by atoms with Crippen LogP contribution >= 0.6 is 11.8 Å². The van der Waals surface area contributed by atoms with E-state index in [0.717, 1.165) is 5.75 Å². The molecule has 1 aromatic rings. The summed E-state index contributed by atoms with van der Waals surface area (Å²) in [6.45, 7) is 0.634. The van der Waals surface area contributed by atoms with Gasteiger partial charge in [0.1, 0.15) is 5.03 Å². The predicted molar refractivity (Wildman–Crippen MR) is 56.0 cm³/mol. The number of nitrogens with zero attached hydrogens (tertiary/aromatic N) is 2. The van der Waals surface area contributed by atoms with Gasteiger partial charge in [-0.15, -0.1) is 11.8 Å². The lowest BCUT2D eigenvalue weighted by atomic mass is 10.5. The maximum absolute atomic E-state index is 11.1. The van der Waals surface area contributed by atoms with Gasteiger partial charge < -0.3 is 9.47 Å². The van der Waals surface area contributed by atoms with Gasteiger partial charge >= 0.3 is 5.97 Å². The van der Waals surface area contributed by atoms with Gasteiger partial charge in [-0.05, 0) is 0 Å². The van der Waals surface area contributed by atoms with Crippen LogP contribution in [0.2, 0.25) is 0 Å². The number of methoxy groups -OCH3 is 2. The Bertz CT molecular complexity index is 333. The highest BCUT2D eigenvalue weighted by atomic mass is 32.2. The zero-order valence-corrected chi connectivity index (χ0v) is 9.41. The number of ether oxygens (including phenoxy) is 2. The molecule has 0 saturated heterocycles. The molecule has 1 heterocycles. The average molecular weight is 228 g/mol. The molecule has 1 rings (SSSR count). The average Bonchev–Trinajstić information content (AvgIpc) is 2.29. The molecular formula is C9H12N2O3S. The molecule has 0 aliphatic heterocycles. The third kappa shape index (κ3) is 3.85. The largest absolute Gasteiger partial charge is 0.464 e. The number of hydrogen-bond acceptors (Lipinski definition) is 6. The van der Waals surface area contributed by atoms with E-state index in [4.69, 9.17) is 4.74 Å². The second-order valence-electron chi connectivity index (χ2n) is 2.58. The lowest BCUT2D eigenvalue weighted by Crippen LogP contribution is -2.05. The van der Waals surface area contributed by atoms with Gasteiger partial charge in [-0.2, -0.15) is 0 Å². The van der Waals surface area contributed by atoms with Crippen molar-refractivity contribution in [3.05, 3.63) is 18.1 Å². The molecule has 0 saturated carbocycles. The minimum absolute atomic E-state index is 0.222. The second-order valence-corrected chi connectivity index (χ2v) is 3.69. The molecule has 0 bridgehead atoms. The molecule has 0 aliphatic carbocycles. The van der Waals surface area contributed by atoms with E-state index in [1.54, 1.807) is 13.3 Å². The van der Waals surface area contributed by atoms with Crippen molar-refractivity contribution in [3.63, 3.8) is 0 Å². The summed E-state index contributed by atoms with van der Waals surface area (Å²) in [6, 6.07) is 0. The number of rotatable bonds is 5. The minimum Gasteiger partial charge on any atom is -0.464 e. The zero-order chi connectivity index (χ0) is 11.1. The van der Waals surface area contributed by atoms with Crippen molar-refractivity contribution >= 4 is 17.7 Å². The fraction of sp³-hybridized carbons (Fsp3) is 0.444. The first kappa shape index (κ1) is 11.9. The molecule has 0 spiro atoms. The van der Waals surface area contributed by atoms with Crippen LogP contribution in [0.1, 0.15) is 10.5 Å². The van der Waals surface area contributed by atoms with Gasteiger partial charge in [-0.3, -0.25) is 4.98 Å². The van der Waals surface area contributed by atoms with Crippen LogP contribution in [0, 0.1) is 0 Å². The van der Waals surface area contributed by atoms with Gasteiger partial charge in [0, 0.05) is 12.9 Å². The molecule has 5 nitrogen and oxygen atoms in total. The van der Waals surface area contributed by atoms with Crippen LogP contribution < -0.4 is 0 Å². The number of carbonyl (C=O) groups excluding carboxylic acids is 1. The smallest absolute Gasteiger partial charge is 0.358 e. The molecule has 0 atom stereocenters. The van der Waals surface area contributed by atoms with E-state index in [2.05, 4.69) is 14.7 Å². The van der Waals surface area contributed by atoms with Gasteiger partial charge in [-0.1, -0.05) is 0 Å². The fourth-order valence-corrected chi connectivity index (χ4v) is 1.61. The van der Waals surface area contributed by atoms with Crippen molar-refractivity contribution in [1.82, 2.24) is 9.97 Å². The Kier molecular flexibility index (Phi) is 5.06. The SMILES string of the molecule is COCCSc1cncc(C(=O)OC)n1. The molecule has 15 heavy (non-hydrogen) atoms. The van der Waals surface area contributed by atoms with Crippen LogP contribution in [-0.4, -0.2) is 42.5 Å². The Morgan fingerprint density at radius 1 is 1.47 bits per heavy atom. The first-order valence-corrected chi connectivity index (χ1v) is 5.28. The summed E-state index contributed by atoms with van der Waals surface area (Å²) >= 11 is 1.48. The summed E-state index contributed by atoms with van der Waals surface area (Å²) in [6.07, 6.45) is 2.99. The van der Waals surface area contributed by atoms with Gasteiger partial charge in [0.2, 0.25) is 0 Å². The Hall–Kier alpha value is -1.14. The summed E-state index contributed by atoms with van der Waals surface area (Å²) in [5, 5.41) is 0.690. The van der Waals surface area contributed by atoms with Crippen LogP contribution in [0.3, 0.4) is 0 Å². The zero-order valence-electron chi connectivity index (χ0n) is 8.60.